The number of anilines is 2. The molecule has 2 saturated heterocycles. The number of aromatic nitrogens is 4. The average Bonchev–Trinajstić information content (AvgIpc) is 4.04. The summed E-state index contributed by atoms with van der Waals surface area (Å²) in [4.78, 5) is 40.6. The van der Waals surface area contributed by atoms with E-state index in [1.165, 1.54) is 0 Å². The number of benzene rings is 2. The molecule has 0 spiro atoms. The second kappa shape index (κ2) is 49.8. The molecule has 0 bridgehead atoms. The fourth-order valence-corrected chi connectivity index (χ4v) is 6.90. The van der Waals surface area contributed by atoms with Crippen LogP contribution in [-0.2, 0) is 112 Å². The third-order valence-electron chi connectivity index (χ3n) is 10.0. The fraction of sp³-hybridized carbons (Fsp3) is 0.435. The van der Waals surface area contributed by atoms with Crippen molar-refractivity contribution in [2.24, 2.45) is 11.5 Å². The van der Waals surface area contributed by atoms with E-state index in [9.17, 15) is 14.4 Å². The Bertz CT molecular complexity index is 2270. The van der Waals surface area contributed by atoms with E-state index in [-0.39, 0.29) is 77.1 Å². The molecule has 0 radical (unpaired) electrons. The van der Waals surface area contributed by atoms with E-state index in [2.05, 4.69) is 101 Å². The summed E-state index contributed by atoms with van der Waals surface area (Å²) in [5.41, 5.74) is 28.5. The van der Waals surface area contributed by atoms with Gasteiger partial charge in [-0.3, -0.25) is 19.3 Å². The van der Waals surface area contributed by atoms with Gasteiger partial charge in [0.25, 0.3) is 11.8 Å². The summed E-state index contributed by atoms with van der Waals surface area (Å²) in [5, 5.41) is 87.6. The number of nitrogens with zero attached hydrogens (tertiary/aromatic N) is 7. The summed E-state index contributed by atoms with van der Waals surface area (Å²) in [6, 6.07) is 20.9. The van der Waals surface area contributed by atoms with Crippen LogP contribution in [-0.4, -0.2) is 101 Å². The zero-order chi connectivity index (χ0) is 58.7. The molecule has 2 unspecified atom stereocenters. The van der Waals surface area contributed by atoms with Crippen LogP contribution in [0.5, 0.6) is 0 Å². The maximum Gasteiger partial charge on any atom is 0.254 e. The molecule has 2 aliphatic rings. The molecular weight excluding hydrogens is 1390 g/mol. The van der Waals surface area contributed by atoms with Gasteiger partial charge < -0.3 is 41.7 Å². The van der Waals surface area contributed by atoms with E-state index < -0.39 is 11.8 Å². The van der Waals surface area contributed by atoms with Crippen molar-refractivity contribution in [1.82, 2.24) is 29.4 Å². The summed E-state index contributed by atoms with van der Waals surface area (Å²) in [6.45, 7) is 26.9. The van der Waals surface area contributed by atoms with Crippen LogP contribution in [0, 0.1) is 25.2 Å². The van der Waals surface area contributed by atoms with Crippen LogP contribution < -0.4 is 22.9 Å². The van der Waals surface area contributed by atoms with Gasteiger partial charge in [-0.05, 0) is 118 Å². The Morgan fingerprint density at radius 2 is 0.949 bits per heavy atom. The van der Waals surface area contributed by atoms with Crippen LogP contribution in [0.15, 0.2) is 71.8 Å². The number of nitrogen functional groups attached to an aromatic ring is 2. The van der Waals surface area contributed by atoms with Crippen LogP contribution in [0.4, 0.5) is 11.6 Å². The number of nitrogens with two attached hydrogens (primary N) is 4. The smallest absolute Gasteiger partial charge is 0.254 e. The van der Waals surface area contributed by atoms with Crippen molar-refractivity contribution in [1.29, 1.82) is 5.26 Å². The second-order valence-electron chi connectivity index (χ2n) is 14.3. The SMILES string of the molecule is CC.CC.CC(C)=C(C)C(=O)N1CCCC(n2nc(-c3ccccc3)c(C(N)=O)c2N)C1.N#CCN1CCCC(n2nc(-c3ccccc3)c(C(N)=O)c2N)C1.OOOOOOOO.OOOOOOOOO.[CH2-]C.[CH2-]C.[W].[W]. The molecule has 4 aromatic rings. The molecule has 0 saturated carbocycles. The van der Waals surface area contributed by atoms with Gasteiger partial charge in [-0.25, -0.2) is 30.4 Å². The van der Waals surface area contributed by atoms with Crippen LogP contribution in [0.25, 0.3) is 22.5 Å². The van der Waals surface area contributed by atoms with Crippen molar-refractivity contribution >= 4 is 29.4 Å². The van der Waals surface area contributed by atoms with Crippen LogP contribution in [0.2, 0.25) is 0 Å². The molecule has 2 aromatic heterocycles. The number of carbonyl (C=O) groups excluding carboxylic acids is 3. The van der Waals surface area contributed by atoms with E-state index in [4.69, 9.17) is 49.2 Å². The topological polar surface area (TPSA) is 422 Å². The first-order valence-electron chi connectivity index (χ1n) is 23.4. The van der Waals surface area contributed by atoms with E-state index in [1.807, 2.05) is 114 Å². The number of piperidine rings is 2. The molecule has 2 aromatic carbocycles. The summed E-state index contributed by atoms with van der Waals surface area (Å²) >= 11 is 0. The third-order valence-corrected chi connectivity index (χ3v) is 10.0. The number of nitriles is 1. The molecule has 446 valence electrons. The molecule has 31 nitrogen and oxygen atoms in total. The predicted octanol–water partition coefficient (Wildman–Crippen LogP) is 7.02. The van der Waals surface area contributed by atoms with Crippen LogP contribution in [0.3, 0.4) is 0 Å². The number of likely N-dealkylation sites (tertiary alicyclic amines) is 2. The zero-order valence-corrected chi connectivity index (χ0v) is 51.2. The molecule has 3 amide bonds. The number of carbonyl (C=O) groups is 3. The Hall–Kier alpha value is -5.24. The molecule has 12 N–H and O–H groups in total. The van der Waals surface area contributed by atoms with Gasteiger partial charge in [-0.1, -0.05) is 93.9 Å². The van der Waals surface area contributed by atoms with Gasteiger partial charge in [0, 0.05) is 78.5 Å². The average molecular weight is 1470 g/mol. The maximum absolute atomic E-state index is 12.7. The van der Waals surface area contributed by atoms with Crippen molar-refractivity contribution in [3.8, 4) is 28.6 Å². The van der Waals surface area contributed by atoms with Gasteiger partial charge in [0.2, 0.25) is 5.91 Å². The number of amides is 3. The Morgan fingerprint density at radius 3 is 1.28 bits per heavy atom. The first-order chi connectivity index (χ1) is 37.2. The standard InChI is InChI=1S/C21H27N5O2.C17H20N6O.2C2H6.2C2H5.H2O9.H2O8.2W/c1-13(2)14(3)21(28)25-11-7-10-16(12-25)26-19(22)17(20(23)27)18(24-26)15-8-5-4-6-9-15;18-8-10-22-9-4-7-13(11-22)23-16(19)14(17(20)24)15(21-23)12-5-2-1-3-6-12;4*1-2;1-3-5-7-9-8-6-4-2;1-3-5-7-8-6-4-2;;/h4-6,8-9,16H,7,10-12,22H2,1-3H3,(H2,23,27);1-3,5-6,13H,4,7,9-11,19H2,(H2,20,24);2*1-2H3;2*1H2,2H3;1-2H;1-2H;;/q;;;;2*-1;;;;. The van der Waals surface area contributed by atoms with E-state index in [0.29, 0.717) is 43.4 Å². The molecule has 2 atom stereocenters. The fourth-order valence-electron chi connectivity index (χ4n) is 6.90. The summed E-state index contributed by atoms with van der Waals surface area (Å²) in [7, 11) is 0. The first kappa shape index (κ1) is 80.2. The summed E-state index contributed by atoms with van der Waals surface area (Å²) in [6.07, 6.45) is 3.53. The van der Waals surface area contributed by atoms with Crippen LogP contribution >= 0.6 is 0 Å². The number of primary amides is 2. The zero-order valence-electron chi connectivity index (χ0n) is 45.3. The van der Waals surface area contributed by atoms with E-state index in [1.54, 1.807) is 23.2 Å². The second-order valence-corrected chi connectivity index (χ2v) is 14.3. The van der Waals surface area contributed by atoms with Gasteiger partial charge >= 0.3 is 0 Å². The Balaban J connectivity index is -0.000000497. The quantitative estimate of drug-likeness (QED) is 0.0117. The Morgan fingerprint density at radius 1 is 0.608 bits per heavy atom. The van der Waals surface area contributed by atoms with E-state index >= 15 is 0 Å². The molecule has 0 aliphatic carbocycles. The Kier molecular flexibility index (Phi) is 50.6. The minimum absolute atomic E-state index is 0. The largest absolute Gasteiger partial charge is 0.383 e. The molecule has 79 heavy (non-hydrogen) atoms. The van der Waals surface area contributed by atoms with Crippen molar-refractivity contribution in [2.75, 3.05) is 44.2 Å². The number of allylic oxidation sites excluding steroid dienone is 1. The molecule has 2 fully saturated rings. The normalized spacial score (nSPS) is 13.9. The Labute approximate surface area is 486 Å². The summed E-state index contributed by atoms with van der Waals surface area (Å²) < 4.78 is 3.37. The molecule has 4 heterocycles. The summed E-state index contributed by atoms with van der Waals surface area (Å²) in [5.74, 6) is -0.599. The number of hydrogen-bond acceptors (Lipinski definition) is 26. The predicted molar refractivity (Wildman–Crippen MR) is 270 cm³/mol. The van der Waals surface area contributed by atoms with Crippen LogP contribution in [0.1, 0.15) is 121 Å². The molecular formula is C46H73N11O20W2-2. The van der Waals surface area contributed by atoms with Crippen molar-refractivity contribution < 1.29 is 143 Å². The van der Waals surface area contributed by atoms with Gasteiger partial charge in [-0.15, -0.1) is 0 Å². The van der Waals surface area contributed by atoms with Gasteiger partial charge in [0.15, 0.2) is 0 Å². The molecule has 2 aliphatic heterocycles. The maximum atomic E-state index is 12.7. The molecule has 33 heteroatoms. The van der Waals surface area contributed by atoms with E-state index in [0.717, 1.165) is 54.5 Å². The van der Waals surface area contributed by atoms with Gasteiger partial charge in [-0.2, -0.15) is 29.3 Å². The van der Waals surface area contributed by atoms with Crippen molar-refractivity contribution in [3.05, 3.63) is 96.8 Å². The monoisotopic (exact) mass is 1470 g/mol. The van der Waals surface area contributed by atoms with Crippen molar-refractivity contribution in [2.45, 2.75) is 100 Å². The van der Waals surface area contributed by atoms with Gasteiger partial charge in [0.05, 0.1) is 24.7 Å². The minimum atomic E-state index is -0.605. The third kappa shape index (κ3) is 28.6. The number of rotatable bonds is 19. The first-order valence-corrected chi connectivity index (χ1v) is 23.4. The van der Waals surface area contributed by atoms with Gasteiger partial charge in [0.1, 0.15) is 34.2 Å². The minimum Gasteiger partial charge on any atom is -0.383 e. The van der Waals surface area contributed by atoms with Crippen molar-refractivity contribution in [3.63, 3.8) is 0 Å². The number of hydrogen-bond donors (Lipinski definition) is 8. The molecule has 6 rings (SSSR count).